The van der Waals surface area contributed by atoms with E-state index in [9.17, 15) is 0 Å². The molecule has 0 saturated carbocycles. The van der Waals surface area contributed by atoms with E-state index < -0.39 is 0 Å². The quantitative estimate of drug-likeness (QED) is 0.529. The second kappa shape index (κ2) is 3.77. The van der Waals surface area contributed by atoms with Crippen LogP contribution < -0.4 is 0 Å². The lowest BCUT2D eigenvalue weighted by molar-refractivity contribution is 0.313. The zero-order chi connectivity index (χ0) is 7.40. The van der Waals surface area contributed by atoms with Gasteiger partial charge < -0.3 is 4.90 Å². The molecular weight excluding hydrogens is 122 g/mol. The molecule has 0 aromatic heterocycles. The first-order chi connectivity index (χ1) is 4.84. The maximum Gasteiger partial charge on any atom is 0.0127 e. The number of hydrogen-bond donors (Lipinski definition) is 0. The van der Waals surface area contributed by atoms with Crippen molar-refractivity contribution in [2.75, 3.05) is 13.6 Å². The first kappa shape index (κ1) is 7.80. The minimum atomic E-state index is 0.830. The normalized spacial score (nSPS) is 28.4. The van der Waals surface area contributed by atoms with E-state index in [4.69, 9.17) is 0 Å². The first-order valence-corrected chi connectivity index (χ1v) is 4.16. The predicted molar refractivity (Wildman–Crippen MR) is 45.1 cm³/mol. The van der Waals surface area contributed by atoms with Gasteiger partial charge in [0.05, 0.1) is 0 Å². The average molecular weight is 139 g/mol. The van der Waals surface area contributed by atoms with Crippen LogP contribution in [0.2, 0.25) is 0 Å². The fourth-order valence-electron chi connectivity index (χ4n) is 1.57. The largest absolute Gasteiger partial charge is 0.303 e. The van der Waals surface area contributed by atoms with Gasteiger partial charge in [-0.05, 0) is 39.8 Å². The fourth-order valence-corrected chi connectivity index (χ4v) is 1.57. The topological polar surface area (TPSA) is 3.24 Å². The number of hydrogen-bond acceptors (Lipinski definition) is 1. The average Bonchev–Trinajstić information content (AvgIpc) is 2.31. The molecule has 1 heterocycles. The van der Waals surface area contributed by atoms with Crippen LogP contribution in [0, 0.1) is 0 Å². The van der Waals surface area contributed by atoms with Gasteiger partial charge in [-0.2, -0.15) is 0 Å². The molecule has 0 bridgehead atoms. The fraction of sp³-hybridized carbons (Fsp3) is 0.778. The van der Waals surface area contributed by atoms with E-state index in [1.807, 2.05) is 0 Å². The zero-order valence-corrected chi connectivity index (χ0v) is 7.01. The summed E-state index contributed by atoms with van der Waals surface area (Å²) in [7, 11) is 2.22. The zero-order valence-electron chi connectivity index (χ0n) is 7.01. The molecule has 1 fully saturated rings. The molecule has 1 aliphatic heterocycles. The van der Waals surface area contributed by atoms with Crippen LogP contribution in [0.4, 0.5) is 0 Å². The van der Waals surface area contributed by atoms with Crippen molar-refractivity contribution in [3.8, 4) is 0 Å². The highest BCUT2D eigenvalue weighted by Crippen LogP contribution is 2.17. The van der Waals surface area contributed by atoms with Gasteiger partial charge in [0, 0.05) is 6.04 Å². The Balaban J connectivity index is 2.26. The third kappa shape index (κ3) is 1.84. The molecule has 1 rings (SSSR count). The second-order valence-corrected chi connectivity index (χ2v) is 3.08. The van der Waals surface area contributed by atoms with Gasteiger partial charge in [-0.3, -0.25) is 0 Å². The van der Waals surface area contributed by atoms with Gasteiger partial charge in [0.15, 0.2) is 0 Å². The molecule has 58 valence electrons. The van der Waals surface area contributed by atoms with Gasteiger partial charge >= 0.3 is 0 Å². The monoisotopic (exact) mass is 139 g/mol. The van der Waals surface area contributed by atoms with Crippen LogP contribution in [0.3, 0.4) is 0 Å². The first-order valence-electron chi connectivity index (χ1n) is 4.16. The Morgan fingerprint density at radius 3 is 2.90 bits per heavy atom. The van der Waals surface area contributed by atoms with E-state index in [0.717, 1.165) is 6.04 Å². The summed E-state index contributed by atoms with van der Waals surface area (Å²) >= 11 is 0. The number of allylic oxidation sites excluding steroid dienone is 1. The Bertz CT molecular complexity index is 118. The van der Waals surface area contributed by atoms with Crippen molar-refractivity contribution >= 4 is 0 Å². The summed E-state index contributed by atoms with van der Waals surface area (Å²) in [6.45, 7) is 3.39. The van der Waals surface area contributed by atoms with Crippen molar-refractivity contribution in [1.29, 1.82) is 0 Å². The van der Waals surface area contributed by atoms with Gasteiger partial charge in [-0.15, -0.1) is 0 Å². The molecule has 0 N–H and O–H groups in total. The lowest BCUT2D eigenvalue weighted by atomic mass is 10.1. The van der Waals surface area contributed by atoms with E-state index in [0.29, 0.717) is 0 Å². The molecule has 1 heteroatoms. The van der Waals surface area contributed by atoms with E-state index in [-0.39, 0.29) is 0 Å². The van der Waals surface area contributed by atoms with Gasteiger partial charge in [0.2, 0.25) is 0 Å². The summed E-state index contributed by atoms with van der Waals surface area (Å²) < 4.78 is 0. The van der Waals surface area contributed by atoms with E-state index in [2.05, 4.69) is 31.0 Å². The van der Waals surface area contributed by atoms with Gasteiger partial charge in [-0.25, -0.2) is 0 Å². The van der Waals surface area contributed by atoms with E-state index in [1.54, 1.807) is 0 Å². The molecule has 0 aromatic carbocycles. The summed E-state index contributed by atoms with van der Waals surface area (Å²) in [5.74, 6) is 0. The SMILES string of the molecule is C/C=C\CC1CCCN1C. The van der Waals surface area contributed by atoms with Crippen molar-refractivity contribution < 1.29 is 0 Å². The second-order valence-electron chi connectivity index (χ2n) is 3.08. The molecule has 1 saturated heterocycles. The third-order valence-electron chi connectivity index (χ3n) is 2.32. The summed E-state index contributed by atoms with van der Waals surface area (Å²) in [5, 5.41) is 0. The van der Waals surface area contributed by atoms with Crippen LogP contribution in [0.1, 0.15) is 26.2 Å². The Labute approximate surface area is 63.7 Å². The van der Waals surface area contributed by atoms with Crippen LogP contribution in [-0.2, 0) is 0 Å². The van der Waals surface area contributed by atoms with Crippen molar-refractivity contribution in [3.05, 3.63) is 12.2 Å². The predicted octanol–water partition coefficient (Wildman–Crippen LogP) is 2.05. The molecule has 0 amide bonds. The third-order valence-corrected chi connectivity index (χ3v) is 2.32. The Morgan fingerprint density at radius 2 is 2.40 bits per heavy atom. The van der Waals surface area contributed by atoms with Crippen molar-refractivity contribution in [2.45, 2.75) is 32.2 Å². The minimum Gasteiger partial charge on any atom is -0.303 e. The van der Waals surface area contributed by atoms with Crippen LogP contribution in [0.5, 0.6) is 0 Å². The minimum absolute atomic E-state index is 0.830. The molecular formula is C9H17N. The Morgan fingerprint density at radius 1 is 1.60 bits per heavy atom. The van der Waals surface area contributed by atoms with Crippen LogP contribution >= 0.6 is 0 Å². The Kier molecular flexibility index (Phi) is 2.94. The van der Waals surface area contributed by atoms with Crippen LogP contribution in [0.25, 0.3) is 0 Å². The van der Waals surface area contributed by atoms with Crippen molar-refractivity contribution in [1.82, 2.24) is 4.90 Å². The molecule has 0 aliphatic carbocycles. The Hall–Kier alpha value is -0.300. The summed E-state index contributed by atoms with van der Waals surface area (Å²) in [4.78, 5) is 2.46. The highest BCUT2D eigenvalue weighted by molar-refractivity contribution is 4.86. The van der Waals surface area contributed by atoms with Crippen molar-refractivity contribution in [3.63, 3.8) is 0 Å². The van der Waals surface area contributed by atoms with Crippen LogP contribution in [-0.4, -0.2) is 24.5 Å². The lowest BCUT2D eigenvalue weighted by Gasteiger charge is -2.16. The summed E-state index contributed by atoms with van der Waals surface area (Å²) in [6.07, 6.45) is 8.44. The van der Waals surface area contributed by atoms with E-state index >= 15 is 0 Å². The molecule has 1 aliphatic rings. The van der Waals surface area contributed by atoms with Gasteiger partial charge in [0.1, 0.15) is 0 Å². The van der Waals surface area contributed by atoms with E-state index in [1.165, 1.54) is 25.8 Å². The molecule has 1 atom stereocenters. The van der Waals surface area contributed by atoms with Crippen LogP contribution in [0.15, 0.2) is 12.2 Å². The van der Waals surface area contributed by atoms with Crippen molar-refractivity contribution in [2.24, 2.45) is 0 Å². The standard InChI is InChI=1S/C9H17N/c1-3-4-6-9-7-5-8-10(9)2/h3-4,9H,5-8H2,1-2H3/b4-3-. The molecule has 10 heavy (non-hydrogen) atoms. The molecule has 0 spiro atoms. The maximum absolute atomic E-state index is 2.46. The maximum atomic E-state index is 2.46. The number of rotatable bonds is 2. The lowest BCUT2D eigenvalue weighted by Crippen LogP contribution is -2.23. The molecule has 0 radical (unpaired) electrons. The van der Waals surface area contributed by atoms with Gasteiger partial charge in [-0.1, -0.05) is 12.2 Å². The summed E-state index contributed by atoms with van der Waals surface area (Å²) in [5.41, 5.74) is 0. The summed E-state index contributed by atoms with van der Waals surface area (Å²) in [6, 6.07) is 0.830. The highest BCUT2D eigenvalue weighted by Gasteiger charge is 2.18. The highest BCUT2D eigenvalue weighted by atomic mass is 15.1. The molecule has 1 nitrogen and oxygen atoms in total. The number of likely N-dealkylation sites (tertiary alicyclic amines) is 1. The number of nitrogens with zero attached hydrogens (tertiary/aromatic N) is 1. The smallest absolute Gasteiger partial charge is 0.0127 e. The van der Waals surface area contributed by atoms with Gasteiger partial charge in [0.25, 0.3) is 0 Å². The molecule has 0 aromatic rings. The molecule has 1 unspecified atom stereocenters.